The zero-order valence-corrected chi connectivity index (χ0v) is 7.91. The SMILES string of the molecule is NCc1ncc(Cl)c(C(F)F)c1Cl. The molecule has 0 aliphatic rings. The van der Waals surface area contributed by atoms with Crippen LogP contribution >= 0.6 is 23.2 Å². The Morgan fingerprint density at radius 1 is 1.46 bits per heavy atom. The van der Waals surface area contributed by atoms with E-state index in [0.717, 1.165) is 6.20 Å². The van der Waals surface area contributed by atoms with Gasteiger partial charge in [0, 0.05) is 12.7 Å². The van der Waals surface area contributed by atoms with Crippen molar-refractivity contribution < 1.29 is 8.78 Å². The average Bonchev–Trinajstić information content (AvgIpc) is 2.04. The van der Waals surface area contributed by atoms with Gasteiger partial charge < -0.3 is 5.73 Å². The second-order valence-electron chi connectivity index (χ2n) is 2.29. The van der Waals surface area contributed by atoms with Gasteiger partial charge in [0.05, 0.1) is 21.3 Å². The Balaban J connectivity index is 3.30. The monoisotopic (exact) mass is 226 g/mol. The second kappa shape index (κ2) is 4.17. The zero-order valence-electron chi connectivity index (χ0n) is 6.40. The molecule has 1 aromatic rings. The fourth-order valence-electron chi connectivity index (χ4n) is 0.863. The van der Waals surface area contributed by atoms with Crippen LogP contribution in [-0.4, -0.2) is 4.98 Å². The molecule has 1 rings (SSSR count). The predicted octanol–water partition coefficient (Wildman–Crippen LogP) is 2.78. The lowest BCUT2D eigenvalue weighted by atomic mass is 10.2. The van der Waals surface area contributed by atoms with E-state index in [2.05, 4.69) is 4.98 Å². The number of alkyl halides is 2. The number of nitrogens with zero attached hydrogens (tertiary/aromatic N) is 1. The summed E-state index contributed by atoms with van der Waals surface area (Å²) in [6.07, 6.45) is -1.59. The third-order valence-electron chi connectivity index (χ3n) is 1.49. The lowest BCUT2D eigenvalue weighted by molar-refractivity contribution is 0.151. The first-order chi connectivity index (χ1) is 6.07. The van der Waals surface area contributed by atoms with Crippen LogP contribution in [0.15, 0.2) is 6.20 Å². The van der Waals surface area contributed by atoms with E-state index in [4.69, 9.17) is 28.9 Å². The lowest BCUT2D eigenvalue weighted by Gasteiger charge is -2.08. The molecule has 0 saturated carbocycles. The molecule has 0 aromatic carbocycles. The van der Waals surface area contributed by atoms with E-state index in [9.17, 15) is 8.78 Å². The quantitative estimate of drug-likeness (QED) is 0.843. The van der Waals surface area contributed by atoms with E-state index in [1.165, 1.54) is 0 Å². The molecule has 6 heteroatoms. The molecule has 0 aliphatic carbocycles. The van der Waals surface area contributed by atoms with E-state index < -0.39 is 12.0 Å². The molecule has 72 valence electrons. The van der Waals surface area contributed by atoms with Crippen molar-refractivity contribution in [2.75, 3.05) is 0 Å². The summed E-state index contributed by atoms with van der Waals surface area (Å²) in [5.74, 6) is 0. The Morgan fingerprint density at radius 3 is 2.54 bits per heavy atom. The standard InChI is InChI=1S/C7H6Cl2F2N2/c8-3-2-13-4(1-12)6(9)5(3)7(10)11/h2,7H,1,12H2. The fourth-order valence-corrected chi connectivity index (χ4v) is 1.45. The summed E-state index contributed by atoms with van der Waals surface area (Å²) >= 11 is 11.1. The third kappa shape index (κ3) is 2.07. The van der Waals surface area contributed by atoms with Gasteiger partial charge in [-0.05, 0) is 0 Å². The number of rotatable bonds is 2. The molecule has 0 saturated heterocycles. The maximum absolute atomic E-state index is 12.4. The molecule has 1 aromatic heterocycles. The molecule has 0 aliphatic heterocycles. The highest BCUT2D eigenvalue weighted by atomic mass is 35.5. The fraction of sp³-hybridized carbons (Fsp3) is 0.286. The maximum atomic E-state index is 12.4. The number of pyridine rings is 1. The topological polar surface area (TPSA) is 38.9 Å². The van der Waals surface area contributed by atoms with Gasteiger partial charge in [-0.2, -0.15) is 0 Å². The van der Waals surface area contributed by atoms with Crippen molar-refractivity contribution in [2.24, 2.45) is 5.73 Å². The Kier molecular flexibility index (Phi) is 3.41. The maximum Gasteiger partial charge on any atom is 0.266 e. The van der Waals surface area contributed by atoms with Crippen LogP contribution in [0.4, 0.5) is 8.78 Å². The predicted molar refractivity (Wildman–Crippen MR) is 47.1 cm³/mol. The van der Waals surface area contributed by atoms with Crippen LogP contribution in [0.1, 0.15) is 17.7 Å². The first-order valence-corrected chi connectivity index (χ1v) is 4.14. The second-order valence-corrected chi connectivity index (χ2v) is 3.07. The summed E-state index contributed by atoms with van der Waals surface area (Å²) in [4.78, 5) is 3.72. The van der Waals surface area contributed by atoms with Crippen molar-refractivity contribution in [1.82, 2.24) is 4.98 Å². The minimum Gasteiger partial charge on any atom is -0.325 e. The van der Waals surface area contributed by atoms with Gasteiger partial charge in [-0.15, -0.1) is 0 Å². The molecule has 2 nitrogen and oxygen atoms in total. The molecular weight excluding hydrogens is 221 g/mol. The molecule has 0 amide bonds. The van der Waals surface area contributed by atoms with Gasteiger partial charge in [0.25, 0.3) is 6.43 Å². The van der Waals surface area contributed by atoms with Gasteiger partial charge in [-0.25, -0.2) is 8.78 Å². The highest BCUT2D eigenvalue weighted by Crippen LogP contribution is 2.34. The van der Waals surface area contributed by atoms with Crippen LogP contribution < -0.4 is 5.73 Å². The van der Waals surface area contributed by atoms with Crippen LogP contribution in [0, 0.1) is 0 Å². The molecule has 0 unspecified atom stereocenters. The molecule has 0 bridgehead atoms. The average molecular weight is 227 g/mol. The van der Waals surface area contributed by atoms with Crippen molar-refractivity contribution in [3.8, 4) is 0 Å². The summed E-state index contributed by atoms with van der Waals surface area (Å²) in [5, 5.41) is -0.290. The highest BCUT2D eigenvalue weighted by molar-refractivity contribution is 6.36. The lowest BCUT2D eigenvalue weighted by Crippen LogP contribution is -2.03. The van der Waals surface area contributed by atoms with Crippen LogP contribution in [-0.2, 0) is 6.54 Å². The van der Waals surface area contributed by atoms with Gasteiger partial charge in [-0.1, -0.05) is 23.2 Å². The smallest absolute Gasteiger partial charge is 0.266 e. The zero-order chi connectivity index (χ0) is 10.0. The summed E-state index contributed by atoms with van der Waals surface area (Å²) in [5.41, 5.74) is 5.05. The Labute approximate surface area is 83.7 Å². The molecule has 2 N–H and O–H groups in total. The number of halogens is 4. The minimum atomic E-state index is -2.71. The van der Waals surface area contributed by atoms with E-state index in [-0.39, 0.29) is 22.3 Å². The normalized spacial score (nSPS) is 10.9. The Bertz CT molecular complexity index is 318. The molecular formula is C7H6Cl2F2N2. The molecule has 0 atom stereocenters. The number of hydrogen-bond acceptors (Lipinski definition) is 2. The van der Waals surface area contributed by atoms with Crippen LogP contribution in [0.3, 0.4) is 0 Å². The van der Waals surface area contributed by atoms with E-state index in [0.29, 0.717) is 0 Å². The molecule has 0 spiro atoms. The van der Waals surface area contributed by atoms with Crippen LogP contribution in [0.2, 0.25) is 10.0 Å². The van der Waals surface area contributed by atoms with E-state index in [1.54, 1.807) is 0 Å². The van der Waals surface area contributed by atoms with Gasteiger partial charge in [-0.3, -0.25) is 4.98 Å². The third-order valence-corrected chi connectivity index (χ3v) is 2.22. The largest absolute Gasteiger partial charge is 0.325 e. The van der Waals surface area contributed by atoms with E-state index in [1.807, 2.05) is 0 Å². The van der Waals surface area contributed by atoms with Crippen molar-refractivity contribution in [2.45, 2.75) is 13.0 Å². The number of hydrogen-bond donors (Lipinski definition) is 1. The summed E-state index contributed by atoms with van der Waals surface area (Å²) in [6.45, 7) is 0.00965. The Morgan fingerprint density at radius 2 is 2.08 bits per heavy atom. The summed E-state index contributed by atoms with van der Waals surface area (Å²) < 4.78 is 24.7. The molecule has 13 heavy (non-hydrogen) atoms. The van der Waals surface area contributed by atoms with Crippen molar-refractivity contribution in [3.05, 3.63) is 27.5 Å². The first-order valence-electron chi connectivity index (χ1n) is 3.39. The Hall–Kier alpha value is -0.450. The highest BCUT2D eigenvalue weighted by Gasteiger charge is 2.19. The summed E-state index contributed by atoms with van der Waals surface area (Å²) in [6, 6.07) is 0. The summed E-state index contributed by atoms with van der Waals surface area (Å²) in [7, 11) is 0. The number of aromatic nitrogens is 1. The van der Waals surface area contributed by atoms with E-state index >= 15 is 0 Å². The van der Waals surface area contributed by atoms with Crippen molar-refractivity contribution in [3.63, 3.8) is 0 Å². The molecule has 0 fully saturated rings. The van der Waals surface area contributed by atoms with Crippen molar-refractivity contribution in [1.29, 1.82) is 0 Å². The van der Waals surface area contributed by atoms with Crippen molar-refractivity contribution >= 4 is 23.2 Å². The van der Waals surface area contributed by atoms with Crippen LogP contribution in [0.5, 0.6) is 0 Å². The van der Waals surface area contributed by atoms with Crippen LogP contribution in [0.25, 0.3) is 0 Å². The molecule has 1 heterocycles. The van der Waals surface area contributed by atoms with Gasteiger partial charge in [0.2, 0.25) is 0 Å². The van der Waals surface area contributed by atoms with Gasteiger partial charge >= 0.3 is 0 Å². The van der Waals surface area contributed by atoms with Gasteiger partial charge in [0.1, 0.15) is 0 Å². The first kappa shape index (κ1) is 10.6. The van der Waals surface area contributed by atoms with Gasteiger partial charge in [0.15, 0.2) is 0 Å². The molecule has 0 radical (unpaired) electrons. The number of nitrogens with two attached hydrogens (primary N) is 1. The minimum absolute atomic E-state index is 0.00965.